The molecule has 0 bridgehead atoms. The molecule has 0 saturated carbocycles. The predicted molar refractivity (Wildman–Crippen MR) is 105 cm³/mol. The van der Waals surface area contributed by atoms with E-state index in [0.717, 1.165) is 37.2 Å². The summed E-state index contributed by atoms with van der Waals surface area (Å²) in [6, 6.07) is 6.62. The minimum absolute atomic E-state index is 0.123. The van der Waals surface area contributed by atoms with Crippen LogP contribution in [0, 0.1) is 13.8 Å². The summed E-state index contributed by atoms with van der Waals surface area (Å²) >= 11 is 0. The minimum Gasteiger partial charge on any atom is -0.496 e. The van der Waals surface area contributed by atoms with Crippen LogP contribution in [0.1, 0.15) is 36.2 Å². The molecule has 146 valence electrons. The molecule has 0 aliphatic carbocycles. The molecule has 1 aromatic carbocycles. The second-order valence-electron chi connectivity index (χ2n) is 6.80. The number of nitrogens with zero attached hydrogens (tertiary/aromatic N) is 3. The third kappa shape index (κ3) is 4.75. The number of aromatic nitrogens is 2. The van der Waals surface area contributed by atoms with E-state index >= 15 is 0 Å². The van der Waals surface area contributed by atoms with Crippen LogP contribution in [0.3, 0.4) is 0 Å². The zero-order valence-electron chi connectivity index (χ0n) is 16.0. The maximum atomic E-state index is 12.6. The molecule has 2 aromatic rings. The molecule has 0 spiro atoms. The molecule has 1 fully saturated rings. The average molecular weight is 391 g/mol. The largest absolute Gasteiger partial charge is 0.496 e. The van der Waals surface area contributed by atoms with Crippen molar-refractivity contribution < 1.29 is 13.2 Å². The standard InChI is InChI=1S/C19H26N4O3S/c1-14-11-17(7-8-18(14)26-3)27(24,25)20-13-16-12-15(2)21-19(22-16)23-9-5-4-6-10-23/h7-8,11-12,20H,4-6,9-10,13H2,1-3H3. The normalized spacial score (nSPS) is 15.0. The second-order valence-corrected chi connectivity index (χ2v) is 8.57. The van der Waals surface area contributed by atoms with Crippen molar-refractivity contribution in [2.24, 2.45) is 0 Å². The Bertz CT molecular complexity index is 909. The lowest BCUT2D eigenvalue weighted by Gasteiger charge is -2.27. The molecule has 0 atom stereocenters. The molecule has 0 unspecified atom stereocenters. The Hall–Kier alpha value is -2.19. The molecule has 8 heteroatoms. The second kappa shape index (κ2) is 8.22. The third-order valence-corrected chi connectivity index (χ3v) is 6.05. The van der Waals surface area contributed by atoms with Gasteiger partial charge in [0.2, 0.25) is 16.0 Å². The molecular formula is C19H26N4O3S. The molecule has 1 aromatic heterocycles. The molecule has 0 radical (unpaired) electrons. The van der Waals surface area contributed by atoms with Crippen molar-refractivity contribution in [3.63, 3.8) is 0 Å². The maximum Gasteiger partial charge on any atom is 0.240 e. The molecule has 1 N–H and O–H groups in total. The molecule has 1 saturated heterocycles. The van der Waals surface area contributed by atoms with Crippen LogP contribution in [0.2, 0.25) is 0 Å². The number of benzene rings is 1. The Balaban J connectivity index is 1.75. The van der Waals surface area contributed by atoms with Gasteiger partial charge < -0.3 is 9.64 Å². The van der Waals surface area contributed by atoms with Crippen molar-refractivity contribution in [1.82, 2.24) is 14.7 Å². The van der Waals surface area contributed by atoms with E-state index in [4.69, 9.17) is 4.74 Å². The Morgan fingerprint density at radius 2 is 1.85 bits per heavy atom. The van der Waals surface area contributed by atoms with Crippen molar-refractivity contribution in [2.75, 3.05) is 25.1 Å². The summed E-state index contributed by atoms with van der Waals surface area (Å²) in [4.78, 5) is 11.5. The maximum absolute atomic E-state index is 12.6. The highest BCUT2D eigenvalue weighted by atomic mass is 32.2. The highest BCUT2D eigenvalue weighted by Gasteiger charge is 2.18. The Morgan fingerprint density at radius 1 is 1.11 bits per heavy atom. The molecule has 2 heterocycles. The van der Waals surface area contributed by atoms with Crippen molar-refractivity contribution >= 4 is 16.0 Å². The summed E-state index contributed by atoms with van der Waals surface area (Å²) in [6.45, 7) is 5.73. The van der Waals surface area contributed by atoms with E-state index in [1.54, 1.807) is 25.3 Å². The smallest absolute Gasteiger partial charge is 0.240 e. The zero-order valence-corrected chi connectivity index (χ0v) is 16.8. The van der Waals surface area contributed by atoms with Gasteiger partial charge in [0, 0.05) is 18.8 Å². The van der Waals surface area contributed by atoms with Crippen LogP contribution in [-0.2, 0) is 16.6 Å². The van der Waals surface area contributed by atoms with Gasteiger partial charge in [0.15, 0.2) is 0 Å². The summed E-state index contributed by atoms with van der Waals surface area (Å²) in [7, 11) is -2.07. The zero-order chi connectivity index (χ0) is 19.4. The lowest BCUT2D eigenvalue weighted by molar-refractivity contribution is 0.411. The fraction of sp³-hybridized carbons (Fsp3) is 0.474. The summed E-state index contributed by atoms with van der Waals surface area (Å²) in [5.74, 6) is 1.34. The first-order valence-corrected chi connectivity index (χ1v) is 10.6. The summed E-state index contributed by atoms with van der Waals surface area (Å²) in [5, 5.41) is 0. The van der Waals surface area contributed by atoms with Gasteiger partial charge in [-0.25, -0.2) is 23.1 Å². The summed E-state index contributed by atoms with van der Waals surface area (Å²) < 4.78 is 33.1. The fourth-order valence-electron chi connectivity index (χ4n) is 3.21. The van der Waals surface area contributed by atoms with Crippen molar-refractivity contribution in [1.29, 1.82) is 0 Å². The van der Waals surface area contributed by atoms with Gasteiger partial charge in [0.1, 0.15) is 5.75 Å². The molecule has 27 heavy (non-hydrogen) atoms. The highest BCUT2D eigenvalue weighted by Crippen LogP contribution is 2.21. The lowest BCUT2D eigenvalue weighted by Crippen LogP contribution is -2.32. The van der Waals surface area contributed by atoms with Gasteiger partial charge in [0.25, 0.3) is 0 Å². The SMILES string of the molecule is COc1ccc(S(=O)(=O)NCc2cc(C)nc(N3CCCCC3)n2)cc1C. The number of sulfonamides is 1. The highest BCUT2D eigenvalue weighted by molar-refractivity contribution is 7.89. The first-order valence-electron chi connectivity index (χ1n) is 9.13. The van der Waals surface area contributed by atoms with Crippen LogP contribution in [0.25, 0.3) is 0 Å². The number of ether oxygens (including phenoxy) is 1. The molecule has 0 amide bonds. The van der Waals surface area contributed by atoms with Crippen LogP contribution < -0.4 is 14.4 Å². The van der Waals surface area contributed by atoms with E-state index in [-0.39, 0.29) is 11.4 Å². The lowest BCUT2D eigenvalue weighted by atomic mass is 10.1. The number of aryl methyl sites for hydroxylation is 2. The van der Waals surface area contributed by atoms with Crippen LogP contribution >= 0.6 is 0 Å². The van der Waals surface area contributed by atoms with Gasteiger partial charge >= 0.3 is 0 Å². The van der Waals surface area contributed by atoms with Gasteiger partial charge in [-0.2, -0.15) is 0 Å². The number of piperidine rings is 1. The molecule has 3 rings (SSSR count). The molecule has 1 aliphatic heterocycles. The van der Waals surface area contributed by atoms with E-state index in [1.807, 2.05) is 19.9 Å². The van der Waals surface area contributed by atoms with Crippen molar-refractivity contribution in [3.8, 4) is 5.75 Å². The summed E-state index contributed by atoms with van der Waals surface area (Å²) in [5.41, 5.74) is 2.27. The first kappa shape index (κ1) is 19.6. The average Bonchev–Trinajstić information content (AvgIpc) is 2.67. The third-order valence-electron chi connectivity index (χ3n) is 4.65. The van der Waals surface area contributed by atoms with Gasteiger partial charge in [-0.3, -0.25) is 0 Å². The molecular weight excluding hydrogens is 364 g/mol. The van der Waals surface area contributed by atoms with Crippen LogP contribution in [-0.4, -0.2) is 38.6 Å². The van der Waals surface area contributed by atoms with E-state index in [0.29, 0.717) is 17.4 Å². The molecule has 7 nitrogen and oxygen atoms in total. The number of anilines is 1. The molecule has 1 aliphatic rings. The number of hydrogen-bond acceptors (Lipinski definition) is 6. The van der Waals surface area contributed by atoms with Crippen LogP contribution in [0.5, 0.6) is 5.75 Å². The number of rotatable bonds is 6. The topological polar surface area (TPSA) is 84.4 Å². The van der Waals surface area contributed by atoms with Crippen molar-refractivity contribution in [2.45, 2.75) is 44.6 Å². The van der Waals surface area contributed by atoms with Gasteiger partial charge in [-0.1, -0.05) is 0 Å². The van der Waals surface area contributed by atoms with E-state index in [2.05, 4.69) is 19.6 Å². The number of methoxy groups -OCH3 is 1. The van der Waals surface area contributed by atoms with Crippen LogP contribution in [0.15, 0.2) is 29.2 Å². The predicted octanol–water partition coefficient (Wildman–Crippen LogP) is 2.57. The van der Waals surface area contributed by atoms with E-state index in [9.17, 15) is 8.42 Å². The minimum atomic E-state index is -3.64. The number of hydrogen-bond donors (Lipinski definition) is 1. The van der Waals surface area contributed by atoms with E-state index < -0.39 is 10.0 Å². The Labute approximate surface area is 160 Å². The van der Waals surface area contributed by atoms with Gasteiger partial charge in [0.05, 0.1) is 24.2 Å². The van der Waals surface area contributed by atoms with Crippen LogP contribution in [0.4, 0.5) is 5.95 Å². The van der Waals surface area contributed by atoms with Gasteiger partial charge in [-0.15, -0.1) is 0 Å². The van der Waals surface area contributed by atoms with Gasteiger partial charge in [-0.05, 0) is 62.9 Å². The summed E-state index contributed by atoms with van der Waals surface area (Å²) in [6.07, 6.45) is 3.50. The first-order chi connectivity index (χ1) is 12.9. The monoisotopic (exact) mass is 390 g/mol. The van der Waals surface area contributed by atoms with Crippen molar-refractivity contribution in [3.05, 3.63) is 41.2 Å². The quantitative estimate of drug-likeness (QED) is 0.816. The van der Waals surface area contributed by atoms with E-state index in [1.165, 1.54) is 6.42 Å². The fourth-order valence-corrected chi connectivity index (χ4v) is 4.30. The Kier molecular flexibility index (Phi) is 5.96. The Morgan fingerprint density at radius 3 is 2.52 bits per heavy atom. The number of nitrogens with one attached hydrogen (secondary N) is 1.